The molecular formula is C14H13F3N4O3. The third kappa shape index (κ3) is 3.37. The van der Waals surface area contributed by atoms with Crippen molar-refractivity contribution in [1.82, 2.24) is 19.9 Å². The van der Waals surface area contributed by atoms with Crippen molar-refractivity contribution in [1.29, 1.82) is 0 Å². The van der Waals surface area contributed by atoms with E-state index in [0.717, 1.165) is 24.9 Å². The topological polar surface area (TPSA) is 92.3 Å². The molecule has 0 aliphatic carbocycles. The minimum atomic E-state index is -4.53. The zero-order valence-electron chi connectivity index (χ0n) is 12.3. The summed E-state index contributed by atoms with van der Waals surface area (Å²) >= 11 is 0. The summed E-state index contributed by atoms with van der Waals surface area (Å²) in [6, 6.07) is 0.434. The van der Waals surface area contributed by atoms with E-state index in [1.807, 2.05) is 4.90 Å². The van der Waals surface area contributed by atoms with E-state index >= 15 is 0 Å². The fraction of sp³-hybridized carbons (Fsp3) is 0.429. The number of carbonyl (C=O) groups is 1. The molecule has 0 amide bonds. The molecule has 0 saturated carbocycles. The molecule has 10 heteroatoms. The summed E-state index contributed by atoms with van der Waals surface area (Å²) in [7, 11) is 0. The molecule has 0 radical (unpaired) electrons. The van der Waals surface area contributed by atoms with Gasteiger partial charge in [-0.05, 0) is 25.5 Å². The van der Waals surface area contributed by atoms with Gasteiger partial charge in [-0.2, -0.15) is 13.2 Å². The molecule has 1 aliphatic heterocycles. The highest BCUT2D eigenvalue weighted by atomic mass is 19.4. The molecule has 128 valence electrons. The van der Waals surface area contributed by atoms with E-state index in [2.05, 4.69) is 15.0 Å². The number of carboxylic acids is 1. The lowest BCUT2D eigenvalue weighted by molar-refractivity contribution is -0.141. The number of hydrogen-bond donors (Lipinski definition) is 1. The Kier molecular flexibility index (Phi) is 4.22. The van der Waals surface area contributed by atoms with Gasteiger partial charge in [-0.25, -0.2) is 19.7 Å². The lowest BCUT2D eigenvalue weighted by Crippen LogP contribution is -2.25. The van der Waals surface area contributed by atoms with Crippen molar-refractivity contribution in [2.75, 3.05) is 6.54 Å². The van der Waals surface area contributed by atoms with Gasteiger partial charge in [0.1, 0.15) is 17.8 Å². The molecule has 3 heterocycles. The Hall–Kier alpha value is -2.49. The van der Waals surface area contributed by atoms with E-state index in [0.29, 0.717) is 13.0 Å². The summed E-state index contributed by atoms with van der Waals surface area (Å²) in [5, 5.41) is 8.83. The first-order valence-corrected chi connectivity index (χ1v) is 7.16. The summed E-state index contributed by atoms with van der Waals surface area (Å²) in [5.41, 5.74) is -1.19. The van der Waals surface area contributed by atoms with Gasteiger partial charge in [0.25, 0.3) is 0 Å². The second-order valence-electron chi connectivity index (χ2n) is 5.36. The number of carboxylic acid groups (broad SMARTS) is 1. The van der Waals surface area contributed by atoms with Gasteiger partial charge >= 0.3 is 12.1 Å². The van der Waals surface area contributed by atoms with Crippen molar-refractivity contribution >= 4 is 5.97 Å². The average Bonchev–Trinajstić information content (AvgIpc) is 3.16. The molecule has 24 heavy (non-hydrogen) atoms. The van der Waals surface area contributed by atoms with Crippen molar-refractivity contribution < 1.29 is 27.5 Å². The molecule has 2 aromatic rings. The van der Waals surface area contributed by atoms with Crippen molar-refractivity contribution in [2.24, 2.45) is 0 Å². The summed E-state index contributed by atoms with van der Waals surface area (Å²) in [6.07, 6.45) is -1.04. The average molecular weight is 342 g/mol. The molecule has 1 saturated heterocycles. The largest absolute Gasteiger partial charge is 0.476 e. The van der Waals surface area contributed by atoms with Crippen LogP contribution in [0, 0.1) is 0 Å². The van der Waals surface area contributed by atoms with E-state index < -0.39 is 23.9 Å². The number of nitrogens with zero attached hydrogens (tertiary/aromatic N) is 4. The minimum absolute atomic E-state index is 0.0901. The fourth-order valence-electron chi connectivity index (χ4n) is 2.66. The van der Waals surface area contributed by atoms with Crippen LogP contribution in [0.2, 0.25) is 0 Å². The highest BCUT2D eigenvalue weighted by molar-refractivity contribution is 5.84. The highest BCUT2D eigenvalue weighted by Crippen LogP contribution is 2.33. The SMILES string of the molecule is O=C(O)c1coc(CN2CCCC2c2nccc(C(F)(F)F)n2)n1. The Bertz CT molecular complexity index is 747. The number of hydrogen-bond acceptors (Lipinski definition) is 6. The van der Waals surface area contributed by atoms with Gasteiger partial charge in [-0.15, -0.1) is 0 Å². The van der Waals surface area contributed by atoms with Gasteiger partial charge in [0.2, 0.25) is 5.89 Å². The summed E-state index contributed by atoms with van der Waals surface area (Å²) in [5.74, 6) is -0.928. The molecule has 1 N–H and O–H groups in total. The van der Waals surface area contributed by atoms with Crippen LogP contribution < -0.4 is 0 Å². The Labute approximate surface area is 134 Å². The quantitative estimate of drug-likeness (QED) is 0.912. The van der Waals surface area contributed by atoms with Gasteiger partial charge in [0.05, 0.1) is 12.6 Å². The van der Waals surface area contributed by atoms with Gasteiger partial charge in [0, 0.05) is 6.20 Å². The molecule has 7 nitrogen and oxygen atoms in total. The van der Waals surface area contributed by atoms with Crippen LogP contribution in [0.1, 0.15) is 46.8 Å². The summed E-state index contributed by atoms with van der Waals surface area (Å²) in [6.45, 7) is 0.784. The van der Waals surface area contributed by atoms with Crippen LogP contribution in [0.25, 0.3) is 0 Å². The molecular weight excluding hydrogens is 329 g/mol. The molecule has 3 rings (SSSR count). The summed E-state index contributed by atoms with van der Waals surface area (Å²) < 4.78 is 43.5. The van der Waals surface area contributed by atoms with E-state index in [-0.39, 0.29) is 24.0 Å². The molecule has 0 aromatic carbocycles. The lowest BCUT2D eigenvalue weighted by atomic mass is 10.2. The van der Waals surface area contributed by atoms with Crippen LogP contribution in [0.4, 0.5) is 13.2 Å². The maximum absolute atomic E-state index is 12.8. The molecule has 0 spiro atoms. The third-order valence-electron chi connectivity index (χ3n) is 3.74. The third-order valence-corrected chi connectivity index (χ3v) is 3.74. The van der Waals surface area contributed by atoms with Crippen LogP contribution in [0.15, 0.2) is 22.9 Å². The molecule has 2 aromatic heterocycles. The number of oxazole rings is 1. The maximum Gasteiger partial charge on any atom is 0.433 e. The van der Waals surface area contributed by atoms with Crippen LogP contribution >= 0.6 is 0 Å². The second-order valence-corrected chi connectivity index (χ2v) is 5.36. The molecule has 1 aliphatic rings. The lowest BCUT2D eigenvalue weighted by Gasteiger charge is -2.22. The number of alkyl halides is 3. The zero-order valence-corrected chi connectivity index (χ0v) is 12.3. The van der Waals surface area contributed by atoms with Crippen LogP contribution in [-0.4, -0.2) is 37.5 Å². The van der Waals surface area contributed by atoms with Crippen molar-refractivity contribution in [3.8, 4) is 0 Å². The molecule has 1 fully saturated rings. The van der Waals surface area contributed by atoms with Crippen LogP contribution in [-0.2, 0) is 12.7 Å². The first-order valence-electron chi connectivity index (χ1n) is 7.16. The molecule has 1 atom stereocenters. The summed E-state index contributed by atoms with van der Waals surface area (Å²) in [4.78, 5) is 24.1. The Morgan fingerprint density at radius 1 is 1.42 bits per heavy atom. The van der Waals surface area contributed by atoms with Gasteiger partial charge in [-0.3, -0.25) is 4.90 Å². The van der Waals surface area contributed by atoms with Gasteiger partial charge in [-0.1, -0.05) is 0 Å². The van der Waals surface area contributed by atoms with Crippen LogP contribution in [0.3, 0.4) is 0 Å². The number of halogens is 3. The van der Waals surface area contributed by atoms with Crippen molar-refractivity contribution in [3.05, 3.63) is 41.6 Å². The smallest absolute Gasteiger partial charge is 0.433 e. The first kappa shape index (κ1) is 16.4. The van der Waals surface area contributed by atoms with Gasteiger partial charge in [0.15, 0.2) is 5.69 Å². The Morgan fingerprint density at radius 2 is 2.21 bits per heavy atom. The van der Waals surface area contributed by atoms with E-state index in [4.69, 9.17) is 9.52 Å². The number of aromatic nitrogens is 3. The number of aromatic carboxylic acids is 1. The maximum atomic E-state index is 12.8. The second kappa shape index (κ2) is 6.19. The fourth-order valence-corrected chi connectivity index (χ4v) is 2.66. The van der Waals surface area contributed by atoms with Crippen LogP contribution in [0.5, 0.6) is 0 Å². The molecule has 1 unspecified atom stereocenters. The monoisotopic (exact) mass is 342 g/mol. The van der Waals surface area contributed by atoms with E-state index in [1.54, 1.807) is 0 Å². The minimum Gasteiger partial charge on any atom is -0.476 e. The molecule has 0 bridgehead atoms. The predicted molar refractivity (Wildman–Crippen MR) is 72.9 cm³/mol. The zero-order chi connectivity index (χ0) is 17.3. The predicted octanol–water partition coefficient (Wildman–Crippen LogP) is 2.52. The Balaban J connectivity index is 1.79. The number of likely N-dealkylation sites (tertiary alicyclic amines) is 1. The van der Waals surface area contributed by atoms with Gasteiger partial charge < -0.3 is 9.52 Å². The number of rotatable bonds is 4. The van der Waals surface area contributed by atoms with Crippen molar-refractivity contribution in [2.45, 2.75) is 31.6 Å². The first-order chi connectivity index (χ1) is 11.3. The van der Waals surface area contributed by atoms with E-state index in [1.165, 1.54) is 0 Å². The Morgan fingerprint density at radius 3 is 2.88 bits per heavy atom. The highest BCUT2D eigenvalue weighted by Gasteiger charge is 2.35. The van der Waals surface area contributed by atoms with Crippen molar-refractivity contribution in [3.63, 3.8) is 0 Å². The van der Waals surface area contributed by atoms with E-state index in [9.17, 15) is 18.0 Å². The standard InChI is InChI=1S/C14H13F3N4O3/c15-14(16,17)10-3-4-18-12(20-10)9-2-1-5-21(9)6-11-19-8(7-24-11)13(22)23/h3-4,7,9H,1-2,5-6H2,(H,22,23). The normalized spacial score (nSPS) is 18.9.